The minimum Gasteiger partial charge on any atom is -0.494 e. The lowest BCUT2D eigenvalue weighted by Gasteiger charge is -2.38. The Hall–Kier alpha value is -6.64. The molecule has 0 heterocycles. The fourth-order valence-electron chi connectivity index (χ4n) is 11.9. The van der Waals surface area contributed by atoms with Gasteiger partial charge in [0.2, 0.25) is 0 Å². The summed E-state index contributed by atoms with van der Waals surface area (Å²) < 4.78 is 13.0. The Kier molecular flexibility index (Phi) is 17.9. The molecule has 430 valence electrons. The summed E-state index contributed by atoms with van der Waals surface area (Å²) in [6.45, 7) is 42.6. The largest absolute Gasteiger partial charge is 0.494 e. The number of benzene rings is 8. The average Bonchev–Trinajstić information content (AvgIpc) is 3.62. The Labute approximate surface area is 497 Å². The molecule has 2 nitrogen and oxygen atoms in total. The fraction of sp³-hybridized carbons (Fsp3) is 0.400. The van der Waals surface area contributed by atoms with Crippen molar-refractivity contribution >= 4 is 0 Å². The third kappa shape index (κ3) is 13.6. The summed E-state index contributed by atoms with van der Waals surface area (Å²) >= 11 is 0. The van der Waals surface area contributed by atoms with Gasteiger partial charge in [0.25, 0.3) is 0 Å². The predicted molar refractivity (Wildman–Crippen MR) is 351 cm³/mol. The van der Waals surface area contributed by atoms with E-state index < -0.39 is 10.8 Å². The van der Waals surface area contributed by atoms with Crippen molar-refractivity contribution in [2.24, 2.45) is 0 Å². The minimum atomic E-state index is -0.562. The molecular weight excluding hydrogens is 993 g/mol. The highest BCUT2D eigenvalue weighted by molar-refractivity contribution is 5.63. The van der Waals surface area contributed by atoms with E-state index in [-0.39, 0.29) is 32.5 Å². The van der Waals surface area contributed by atoms with Crippen LogP contribution in [0.2, 0.25) is 0 Å². The van der Waals surface area contributed by atoms with Gasteiger partial charge in [0, 0.05) is 0 Å². The Morgan fingerprint density at radius 1 is 0.183 bits per heavy atom. The molecule has 8 rings (SSSR count). The molecule has 0 aliphatic carbocycles. The third-order valence-electron chi connectivity index (χ3n) is 17.3. The van der Waals surface area contributed by atoms with Crippen LogP contribution in [-0.4, -0.2) is 13.2 Å². The molecule has 0 fully saturated rings. The van der Waals surface area contributed by atoms with Crippen molar-refractivity contribution in [1.29, 1.82) is 0 Å². The van der Waals surface area contributed by atoms with E-state index in [1.54, 1.807) is 0 Å². The van der Waals surface area contributed by atoms with Gasteiger partial charge in [0.05, 0.1) is 24.0 Å². The number of hydrogen-bond acceptors (Lipinski definition) is 2. The van der Waals surface area contributed by atoms with Gasteiger partial charge in [-0.25, -0.2) is 0 Å². The van der Waals surface area contributed by atoms with Crippen LogP contribution in [0.25, 0.3) is 0 Å². The molecule has 8 aromatic rings. The lowest BCUT2D eigenvalue weighted by atomic mass is 9.64. The van der Waals surface area contributed by atoms with Crippen molar-refractivity contribution in [2.45, 2.75) is 194 Å². The molecule has 0 spiro atoms. The molecule has 0 bridgehead atoms. The van der Waals surface area contributed by atoms with Crippen LogP contribution < -0.4 is 9.47 Å². The van der Waals surface area contributed by atoms with Crippen molar-refractivity contribution in [3.05, 3.63) is 272 Å². The van der Waals surface area contributed by atoms with Gasteiger partial charge in [-0.05, 0) is 160 Å². The van der Waals surface area contributed by atoms with Crippen molar-refractivity contribution in [3.8, 4) is 11.5 Å². The molecule has 0 unspecified atom stereocenters. The van der Waals surface area contributed by atoms with Crippen LogP contribution in [-0.2, 0) is 43.3 Å². The molecule has 0 aromatic heterocycles. The molecule has 0 N–H and O–H groups in total. The van der Waals surface area contributed by atoms with Crippen molar-refractivity contribution in [3.63, 3.8) is 0 Å². The summed E-state index contributed by atoms with van der Waals surface area (Å²) in [6, 6.07) is 74.2. The Balaban J connectivity index is 0.972. The topological polar surface area (TPSA) is 18.5 Å². The van der Waals surface area contributed by atoms with Crippen LogP contribution in [0.15, 0.2) is 194 Å². The van der Waals surface area contributed by atoms with E-state index >= 15 is 0 Å². The fourth-order valence-corrected chi connectivity index (χ4v) is 11.9. The lowest BCUT2D eigenvalue weighted by molar-refractivity contribution is 0.287. The molecule has 82 heavy (non-hydrogen) atoms. The molecule has 0 aliphatic rings. The van der Waals surface area contributed by atoms with Gasteiger partial charge < -0.3 is 9.47 Å². The first-order chi connectivity index (χ1) is 38.4. The predicted octanol–water partition coefficient (Wildman–Crippen LogP) is 21.3. The number of ether oxygens (including phenoxy) is 2. The number of rotatable bonds is 17. The molecular formula is C80H98O2. The zero-order valence-corrected chi connectivity index (χ0v) is 53.5. The zero-order valence-electron chi connectivity index (χ0n) is 53.5. The van der Waals surface area contributed by atoms with Crippen molar-refractivity contribution in [2.75, 3.05) is 13.2 Å². The van der Waals surface area contributed by atoms with Crippen LogP contribution in [0.4, 0.5) is 0 Å². The SMILES string of the molecule is CC(C)(C)c1ccc(C(c2ccc(OCCCCCCOc3ccc(C(c4ccc(C(C)(C)C)cc4)(c4ccc(C(C)(C)C)cc4)c4ccc(C(C)(C)C)cc4)cc3)cc2)(c2ccc(C(C)(C)C)cc2)c2ccc(C(C)(C)C)cc2)cc1. The van der Waals surface area contributed by atoms with Gasteiger partial charge in [-0.2, -0.15) is 0 Å². The molecule has 0 saturated heterocycles. The summed E-state index contributed by atoms with van der Waals surface area (Å²) in [6.07, 6.45) is 4.10. The second kappa shape index (κ2) is 23.9. The molecule has 0 radical (unpaired) electrons. The van der Waals surface area contributed by atoms with Gasteiger partial charge in [0.1, 0.15) is 11.5 Å². The zero-order chi connectivity index (χ0) is 59.5. The summed E-state index contributed by atoms with van der Waals surface area (Å²) in [7, 11) is 0. The summed E-state index contributed by atoms with van der Waals surface area (Å²) in [5, 5.41) is 0. The summed E-state index contributed by atoms with van der Waals surface area (Å²) in [5.74, 6) is 1.79. The normalized spacial score (nSPS) is 13.0. The maximum atomic E-state index is 6.49. The van der Waals surface area contributed by atoms with Gasteiger partial charge >= 0.3 is 0 Å². The smallest absolute Gasteiger partial charge is 0.119 e. The number of hydrogen-bond donors (Lipinski definition) is 0. The standard InChI is InChI=1S/C80H98O2/c1-73(2,3)57-23-35-63(36-24-57)79(64-37-25-58(26-38-64)74(4,5)6,65-39-27-59(28-40-65)75(7,8)9)69-47-51-71(52-48-69)81-55-21-19-20-22-56-82-72-53-49-70(50-54-72)80(66-41-29-60(30-42-66)76(10,11)12,67-43-31-61(32-44-67)77(13,14)15)68-45-33-62(34-46-68)78(16,17)18/h23-54H,19-22,55-56H2,1-18H3. The Morgan fingerprint density at radius 3 is 0.463 bits per heavy atom. The van der Waals surface area contributed by atoms with E-state index in [4.69, 9.17) is 9.47 Å². The second-order valence-corrected chi connectivity index (χ2v) is 29.6. The van der Waals surface area contributed by atoms with E-state index in [9.17, 15) is 0 Å². The highest BCUT2D eigenvalue weighted by atomic mass is 16.5. The third-order valence-corrected chi connectivity index (χ3v) is 17.3. The summed E-state index contributed by atoms with van der Waals surface area (Å²) in [5.41, 5.74) is 17.0. The van der Waals surface area contributed by atoms with Gasteiger partial charge in [-0.1, -0.05) is 294 Å². The molecule has 0 saturated carbocycles. The van der Waals surface area contributed by atoms with Crippen LogP contribution >= 0.6 is 0 Å². The Morgan fingerprint density at radius 2 is 0.317 bits per heavy atom. The van der Waals surface area contributed by atoms with Crippen LogP contribution in [0.1, 0.15) is 228 Å². The molecule has 0 atom stereocenters. The van der Waals surface area contributed by atoms with Gasteiger partial charge in [-0.3, -0.25) is 0 Å². The van der Waals surface area contributed by atoms with Crippen molar-refractivity contribution < 1.29 is 9.47 Å². The highest BCUT2D eigenvalue weighted by Gasteiger charge is 2.41. The van der Waals surface area contributed by atoms with Crippen LogP contribution in [0, 0.1) is 0 Å². The molecule has 0 amide bonds. The van der Waals surface area contributed by atoms with E-state index in [0.717, 1.165) is 37.2 Å². The van der Waals surface area contributed by atoms with Crippen LogP contribution in [0.5, 0.6) is 11.5 Å². The van der Waals surface area contributed by atoms with Crippen molar-refractivity contribution in [1.82, 2.24) is 0 Å². The maximum Gasteiger partial charge on any atom is 0.119 e. The summed E-state index contributed by atoms with van der Waals surface area (Å²) in [4.78, 5) is 0. The van der Waals surface area contributed by atoms with Gasteiger partial charge in [0.15, 0.2) is 0 Å². The first-order valence-corrected chi connectivity index (χ1v) is 30.6. The number of unbranched alkanes of at least 4 members (excludes halogenated alkanes) is 3. The first kappa shape index (κ1) is 61.4. The van der Waals surface area contributed by atoms with E-state index in [2.05, 4.69) is 319 Å². The highest BCUT2D eigenvalue weighted by Crippen LogP contribution is 2.49. The maximum absolute atomic E-state index is 6.49. The molecule has 0 aliphatic heterocycles. The van der Waals surface area contributed by atoms with E-state index in [1.165, 1.54) is 77.9 Å². The minimum absolute atomic E-state index is 0.0432. The van der Waals surface area contributed by atoms with Gasteiger partial charge in [-0.15, -0.1) is 0 Å². The molecule has 8 aromatic carbocycles. The monoisotopic (exact) mass is 1090 g/mol. The van der Waals surface area contributed by atoms with E-state index in [0.29, 0.717) is 13.2 Å². The first-order valence-electron chi connectivity index (χ1n) is 30.6. The molecule has 2 heteroatoms. The van der Waals surface area contributed by atoms with E-state index in [1.807, 2.05) is 0 Å². The Bertz CT molecular complexity index is 2790. The quantitative estimate of drug-likeness (QED) is 0.0668. The average molecular weight is 1090 g/mol. The lowest BCUT2D eigenvalue weighted by Crippen LogP contribution is -2.31. The second-order valence-electron chi connectivity index (χ2n) is 29.6. The van der Waals surface area contributed by atoms with Crippen LogP contribution in [0.3, 0.4) is 0 Å².